The van der Waals surface area contributed by atoms with Crippen molar-refractivity contribution in [1.29, 1.82) is 0 Å². The Labute approximate surface area is 112 Å². The number of likely N-dealkylation sites (tertiary alicyclic amines) is 1. The summed E-state index contributed by atoms with van der Waals surface area (Å²) in [6, 6.07) is 0. The molecule has 0 radical (unpaired) electrons. The van der Waals surface area contributed by atoms with Crippen LogP contribution < -0.4 is 5.73 Å². The fourth-order valence-electron chi connectivity index (χ4n) is 2.21. The molecule has 2 N–H and O–H groups in total. The van der Waals surface area contributed by atoms with Gasteiger partial charge in [-0.05, 0) is 38.8 Å². The predicted molar refractivity (Wildman–Crippen MR) is 78.9 cm³/mol. The van der Waals surface area contributed by atoms with Gasteiger partial charge in [0.05, 0.1) is 6.54 Å². The summed E-state index contributed by atoms with van der Waals surface area (Å²) < 4.78 is 0. The zero-order chi connectivity index (χ0) is 13.4. The topological polar surface area (TPSA) is 44.9 Å². The van der Waals surface area contributed by atoms with Gasteiger partial charge in [-0.25, -0.2) is 0 Å². The quantitative estimate of drug-likeness (QED) is 0.580. The lowest BCUT2D eigenvalue weighted by atomic mass is 10.00. The van der Waals surface area contributed by atoms with E-state index in [0.717, 1.165) is 44.6 Å². The summed E-state index contributed by atoms with van der Waals surface area (Å²) in [6.45, 7) is 9.66. The maximum Gasteiger partial charge on any atom is 0.191 e. The van der Waals surface area contributed by atoms with Crippen molar-refractivity contribution in [3.8, 4) is 0 Å². The van der Waals surface area contributed by atoms with Crippen LogP contribution in [-0.2, 0) is 0 Å². The smallest absolute Gasteiger partial charge is 0.191 e. The minimum absolute atomic E-state index is 0.741. The van der Waals surface area contributed by atoms with Gasteiger partial charge in [-0.3, -0.25) is 4.99 Å². The molecular formula is C14H30N4. The molecule has 0 amide bonds. The van der Waals surface area contributed by atoms with Gasteiger partial charge in [-0.2, -0.15) is 0 Å². The predicted octanol–water partition coefficient (Wildman–Crippen LogP) is 1.76. The first-order valence-corrected chi connectivity index (χ1v) is 7.37. The van der Waals surface area contributed by atoms with E-state index in [1.807, 2.05) is 0 Å². The lowest BCUT2D eigenvalue weighted by Gasteiger charge is -2.31. The molecule has 1 heterocycles. The standard InChI is InChI=1S/C14H30N4/c1-4-5-9-17(3)12-8-16-14(15)18-10-6-13(2)7-11-18/h13H,4-12H2,1-3H3,(H2,15,16). The first-order chi connectivity index (χ1) is 8.63. The zero-order valence-corrected chi connectivity index (χ0v) is 12.4. The largest absolute Gasteiger partial charge is 0.370 e. The van der Waals surface area contributed by atoms with Crippen molar-refractivity contribution >= 4 is 5.96 Å². The number of rotatable bonds is 6. The number of piperidine rings is 1. The van der Waals surface area contributed by atoms with E-state index in [0.29, 0.717) is 0 Å². The molecule has 0 atom stereocenters. The number of nitrogens with two attached hydrogens (primary N) is 1. The molecule has 18 heavy (non-hydrogen) atoms. The van der Waals surface area contributed by atoms with Gasteiger partial charge in [-0.1, -0.05) is 20.3 Å². The SMILES string of the molecule is CCCCN(C)CCN=C(N)N1CCC(C)CC1. The highest BCUT2D eigenvalue weighted by atomic mass is 15.3. The van der Waals surface area contributed by atoms with Crippen LogP contribution in [0.2, 0.25) is 0 Å². The van der Waals surface area contributed by atoms with Crippen LogP contribution in [0.1, 0.15) is 39.5 Å². The van der Waals surface area contributed by atoms with Gasteiger partial charge < -0.3 is 15.5 Å². The van der Waals surface area contributed by atoms with Crippen LogP contribution in [0.3, 0.4) is 0 Å². The van der Waals surface area contributed by atoms with Crippen molar-refractivity contribution in [2.24, 2.45) is 16.6 Å². The minimum atomic E-state index is 0.741. The van der Waals surface area contributed by atoms with Crippen LogP contribution in [0.25, 0.3) is 0 Å². The van der Waals surface area contributed by atoms with Crippen LogP contribution in [0.15, 0.2) is 4.99 Å². The van der Waals surface area contributed by atoms with Gasteiger partial charge >= 0.3 is 0 Å². The Morgan fingerprint density at radius 2 is 2.00 bits per heavy atom. The third-order valence-electron chi connectivity index (χ3n) is 3.76. The molecule has 0 aromatic carbocycles. The Kier molecular flexibility index (Phi) is 7.09. The molecule has 0 saturated carbocycles. The Morgan fingerprint density at radius 3 is 2.61 bits per heavy atom. The van der Waals surface area contributed by atoms with Gasteiger partial charge in [-0.15, -0.1) is 0 Å². The molecule has 0 aliphatic carbocycles. The van der Waals surface area contributed by atoms with E-state index in [9.17, 15) is 0 Å². The van der Waals surface area contributed by atoms with Crippen molar-refractivity contribution in [3.63, 3.8) is 0 Å². The van der Waals surface area contributed by atoms with Crippen molar-refractivity contribution in [2.45, 2.75) is 39.5 Å². The van der Waals surface area contributed by atoms with Crippen LogP contribution in [-0.4, -0.2) is 55.5 Å². The molecule has 106 valence electrons. The summed E-state index contributed by atoms with van der Waals surface area (Å²) in [5.41, 5.74) is 6.04. The van der Waals surface area contributed by atoms with E-state index in [2.05, 4.69) is 35.7 Å². The second kappa shape index (κ2) is 8.35. The highest BCUT2D eigenvalue weighted by Gasteiger charge is 2.16. The first kappa shape index (κ1) is 15.3. The van der Waals surface area contributed by atoms with Gasteiger partial charge in [0.25, 0.3) is 0 Å². The number of unbranched alkanes of at least 4 members (excludes halogenated alkanes) is 1. The van der Waals surface area contributed by atoms with E-state index < -0.39 is 0 Å². The highest BCUT2D eigenvalue weighted by Crippen LogP contribution is 2.15. The number of likely N-dealkylation sites (N-methyl/N-ethyl adjacent to an activating group) is 1. The van der Waals surface area contributed by atoms with Crippen LogP contribution >= 0.6 is 0 Å². The Bertz CT molecular complexity index is 244. The zero-order valence-electron chi connectivity index (χ0n) is 12.4. The average Bonchev–Trinajstić information content (AvgIpc) is 2.37. The average molecular weight is 254 g/mol. The Morgan fingerprint density at radius 1 is 1.33 bits per heavy atom. The van der Waals surface area contributed by atoms with E-state index in [4.69, 9.17) is 5.73 Å². The summed E-state index contributed by atoms with van der Waals surface area (Å²) in [7, 11) is 2.16. The molecular weight excluding hydrogens is 224 g/mol. The van der Waals surface area contributed by atoms with Crippen molar-refractivity contribution in [1.82, 2.24) is 9.80 Å². The van der Waals surface area contributed by atoms with Crippen molar-refractivity contribution < 1.29 is 0 Å². The molecule has 0 aromatic rings. The van der Waals surface area contributed by atoms with Crippen LogP contribution in [0, 0.1) is 5.92 Å². The van der Waals surface area contributed by atoms with E-state index >= 15 is 0 Å². The van der Waals surface area contributed by atoms with Crippen LogP contribution in [0.5, 0.6) is 0 Å². The lowest BCUT2D eigenvalue weighted by Crippen LogP contribution is -2.42. The molecule has 0 aromatic heterocycles. The molecule has 4 nitrogen and oxygen atoms in total. The Hall–Kier alpha value is -0.770. The summed E-state index contributed by atoms with van der Waals surface area (Å²) in [6.07, 6.45) is 5.00. The third-order valence-corrected chi connectivity index (χ3v) is 3.76. The molecule has 1 rings (SSSR count). The summed E-state index contributed by atoms with van der Waals surface area (Å²) >= 11 is 0. The normalized spacial score (nSPS) is 18.7. The minimum Gasteiger partial charge on any atom is -0.370 e. The molecule has 1 aliphatic heterocycles. The molecule has 0 unspecified atom stereocenters. The second-order valence-corrected chi connectivity index (χ2v) is 5.57. The highest BCUT2D eigenvalue weighted by molar-refractivity contribution is 5.78. The molecule has 0 bridgehead atoms. The first-order valence-electron chi connectivity index (χ1n) is 7.37. The molecule has 1 fully saturated rings. The summed E-state index contributed by atoms with van der Waals surface area (Å²) in [5, 5.41) is 0. The van der Waals surface area contributed by atoms with Crippen LogP contribution in [0.4, 0.5) is 0 Å². The molecule has 1 aliphatic rings. The van der Waals surface area contributed by atoms with Gasteiger partial charge in [0.2, 0.25) is 0 Å². The van der Waals surface area contributed by atoms with Gasteiger partial charge in [0, 0.05) is 19.6 Å². The Balaban J connectivity index is 2.20. The van der Waals surface area contributed by atoms with E-state index in [1.54, 1.807) is 0 Å². The maximum atomic E-state index is 6.04. The number of aliphatic imine (C=N–C) groups is 1. The number of hydrogen-bond donors (Lipinski definition) is 1. The number of hydrogen-bond acceptors (Lipinski definition) is 2. The maximum absolute atomic E-state index is 6.04. The van der Waals surface area contributed by atoms with Gasteiger partial charge in [0.15, 0.2) is 5.96 Å². The number of nitrogens with zero attached hydrogens (tertiary/aromatic N) is 3. The fraction of sp³-hybridized carbons (Fsp3) is 0.929. The fourth-order valence-corrected chi connectivity index (χ4v) is 2.21. The molecule has 0 spiro atoms. The third kappa shape index (κ3) is 5.71. The van der Waals surface area contributed by atoms with Crippen molar-refractivity contribution in [3.05, 3.63) is 0 Å². The lowest BCUT2D eigenvalue weighted by molar-refractivity contribution is 0.276. The van der Waals surface area contributed by atoms with E-state index in [1.165, 1.54) is 25.7 Å². The summed E-state index contributed by atoms with van der Waals surface area (Å²) in [5.74, 6) is 1.58. The monoisotopic (exact) mass is 254 g/mol. The molecule has 1 saturated heterocycles. The van der Waals surface area contributed by atoms with Gasteiger partial charge in [0.1, 0.15) is 0 Å². The second-order valence-electron chi connectivity index (χ2n) is 5.57. The number of guanidine groups is 1. The summed E-state index contributed by atoms with van der Waals surface area (Å²) in [4.78, 5) is 9.06. The van der Waals surface area contributed by atoms with E-state index in [-0.39, 0.29) is 0 Å². The molecule has 4 heteroatoms. The van der Waals surface area contributed by atoms with Crippen molar-refractivity contribution in [2.75, 3.05) is 39.8 Å².